The Labute approximate surface area is 149 Å². The van der Waals surface area contributed by atoms with Crippen LogP contribution in [0.25, 0.3) is 0 Å². The summed E-state index contributed by atoms with van der Waals surface area (Å²) in [6.45, 7) is 0.928. The van der Waals surface area contributed by atoms with E-state index >= 15 is 0 Å². The number of thioether (sulfide) groups is 1. The van der Waals surface area contributed by atoms with Crippen molar-refractivity contribution < 1.29 is 19.1 Å². The smallest absolute Gasteiger partial charge is 0.240 e. The molecule has 24 heavy (non-hydrogen) atoms. The van der Waals surface area contributed by atoms with Crippen molar-refractivity contribution in [2.75, 3.05) is 32.7 Å². The molecule has 130 valence electrons. The van der Waals surface area contributed by atoms with Crippen LogP contribution in [-0.2, 0) is 14.3 Å². The number of amidine groups is 1. The van der Waals surface area contributed by atoms with Crippen LogP contribution in [-0.4, -0.2) is 49.6 Å². The number of ether oxygens (including phenoxy) is 2. The predicted molar refractivity (Wildman–Crippen MR) is 95.0 cm³/mol. The van der Waals surface area contributed by atoms with Gasteiger partial charge in [0.15, 0.2) is 5.17 Å². The Morgan fingerprint density at radius 1 is 1.46 bits per heavy atom. The summed E-state index contributed by atoms with van der Waals surface area (Å²) in [5.74, 6) is -0.0381. The van der Waals surface area contributed by atoms with Gasteiger partial charge >= 0.3 is 0 Å². The average molecular weight is 372 g/mol. The summed E-state index contributed by atoms with van der Waals surface area (Å²) in [6.07, 6.45) is 0.0233. The van der Waals surface area contributed by atoms with E-state index in [0.29, 0.717) is 34.8 Å². The van der Waals surface area contributed by atoms with Crippen LogP contribution >= 0.6 is 23.4 Å². The zero-order valence-electron chi connectivity index (χ0n) is 13.3. The summed E-state index contributed by atoms with van der Waals surface area (Å²) >= 11 is 7.17. The number of carbonyl (C=O) groups is 2. The number of hydrogen-bond donors (Lipinski definition) is 2. The van der Waals surface area contributed by atoms with E-state index in [2.05, 4.69) is 15.6 Å². The van der Waals surface area contributed by atoms with Gasteiger partial charge in [-0.2, -0.15) is 0 Å². The number of carbonyl (C=O) groups excluding carboxylic acids is 2. The van der Waals surface area contributed by atoms with Crippen LogP contribution in [0.2, 0.25) is 5.02 Å². The second-order valence-corrected chi connectivity index (χ2v) is 6.50. The van der Waals surface area contributed by atoms with Gasteiger partial charge in [-0.1, -0.05) is 23.4 Å². The molecule has 2 N–H and O–H groups in total. The Morgan fingerprint density at radius 2 is 2.25 bits per heavy atom. The summed E-state index contributed by atoms with van der Waals surface area (Å²) in [6, 6.07) is 4.92. The molecule has 0 saturated carbocycles. The van der Waals surface area contributed by atoms with Gasteiger partial charge in [0.05, 0.1) is 25.9 Å². The molecule has 0 aliphatic carbocycles. The third kappa shape index (κ3) is 5.12. The van der Waals surface area contributed by atoms with Crippen LogP contribution in [0.3, 0.4) is 0 Å². The maximum atomic E-state index is 12.2. The van der Waals surface area contributed by atoms with E-state index < -0.39 is 5.25 Å². The van der Waals surface area contributed by atoms with E-state index in [4.69, 9.17) is 21.1 Å². The second kappa shape index (κ2) is 8.91. The normalized spacial score (nSPS) is 18.5. The zero-order chi connectivity index (χ0) is 17.5. The predicted octanol–water partition coefficient (Wildman–Crippen LogP) is 1.91. The van der Waals surface area contributed by atoms with Crippen LogP contribution < -0.4 is 15.4 Å². The number of benzene rings is 1. The largest absolute Gasteiger partial charge is 0.495 e. The first-order valence-electron chi connectivity index (χ1n) is 7.17. The number of nitrogens with zero attached hydrogens (tertiary/aromatic N) is 1. The van der Waals surface area contributed by atoms with Crippen molar-refractivity contribution >= 4 is 46.0 Å². The molecule has 1 fully saturated rings. The average Bonchev–Trinajstić information content (AvgIpc) is 2.87. The molecule has 0 bridgehead atoms. The second-order valence-electron chi connectivity index (χ2n) is 4.87. The molecular formula is C15H18ClN3O4S. The molecule has 0 aromatic heterocycles. The SMILES string of the molecule is COCCN=C1NC(=O)C(CC(=O)Nc2cc(Cl)ccc2OC)S1. The van der Waals surface area contributed by atoms with E-state index in [1.165, 1.54) is 18.9 Å². The fourth-order valence-corrected chi connectivity index (χ4v) is 3.17. The third-order valence-corrected chi connectivity index (χ3v) is 4.49. The minimum atomic E-state index is -0.517. The van der Waals surface area contributed by atoms with Crippen LogP contribution in [0.1, 0.15) is 6.42 Å². The first-order chi connectivity index (χ1) is 11.5. The van der Waals surface area contributed by atoms with Crippen LogP contribution in [0.5, 0.6) is 5.75 Å². The highest BCUT2D eigenvalue weighted by molar-refractivity contribution is 8.15. The lowest BCUT2D eigenvalue weighted by Gasteiger charge is -2.11. The van der Waals surface area contributed by atoms with Crippen molar-refractivity contribution in [3.05, 3.63) is 23.2 Å². The highest BCUT2D eigenvalue weighted by Crippen LogP contribution is 2.29. The molecular weight excluding hydrogens is 354 g/mol. The van der Waals surface area contributed by atoms with E-state index in [1.807, 2.05) is 0 Å². The molecule has 0 spiro atoms. The van der Waals surface area contributed by atoms with Gasteiger partial charge in [-0.3, -0.25) is 14.6 Å². The Morgan fingerprint density at radius 3 is 2.96 bits per heavy atom. The van der Waals surface area contributed by atoms with Crippen molar-refractivity contribution in [1.29, 1.82) is 0 Å². The number of nitrogens with one attached hydrogen (secondary N) is 2. The number of aliphatic imine (C=N–C) groups is 1. The van der Waals surface area contributed by atoms with Crippen LogP contribution in [0, 0.1) is 0 Å². The van der Waals surface area contributed by atoms with Gasteiger partial charge in [0.1, 0.15) is 11.0 Å². The molecule has 1 heterocycles. The summed E-state index contributed by atoms with van der Waals surface area (Å²) in [5, 5.41) is 5.84. The summed E-state index contributed by atoms with van der Waals surface area (Å²) < 4.78 is 10.1. The van der Waals surface area contributed by atoms with E-state index in [0.717, 1.165) is 0 Å². The maximum absolute atomic E-state index is 12.2. The first kappa shape index (κ1) is 18.6. The molecule has 1 atom stereocenters. The Kier molecular flexibility index (Phi) is 6.89. The molecule has 7 nitrogen and oxygen atoms in total. The lowest BCUT2D eigenvalue weighted by molar-refractivity contribution is -0.122. The Hall–Kier alpha value is -1.77. The standard InChI is InChI=1S/C15H18ClN3O4S/c1-22-6-5-17-15-19-14(21)12(24-15)8-13(20)18-10-7-9(16)3-4-11(10)23-2/h3-4,7,12H,5-6,8H2,1-2H3,(H,18,20)(H,17,19,21). The maximum Gasteiger partial charge on any atom is 0.240 e. The minimum Gasteiger partial charge on any atom is -0.495 e. The molecule has 9 heteroatoms. The van der Waals surface area contributed by atoms with Gasteiger partial charge in [-0.15, -0.1) is 0 Å². The quantitative estimate of drug-likeness (QED) is 0.715. The highest BCUT2D eigenvalue weighted by Gasteiger charge is 2.32. The van der Waals surface area contributed by atoms with Gasteiger partial charge in [-0.05, 0) is 18.2 Å². The van der Waals surface area contributed by atoms with Crippen LogP contribution in [0.4, 0.5) is 5.69 Å². The van der Waals surface area contributed by atoms with E-state index in [-0.39, 0.29) is 18.2 Å². The fraction of sp³-hybridized carbons (Fsp3) is 0.400. The number of anilines is 1. The Bertz CT molecular complexity index is 654. The van der Waals surface area contributed by atoms with Crippen molar-refractivity contribution in [3.63, 3.8) is 0 Å². The van der Waals surface area contributed by atoms with Gasteiger partial charge in [0, 0.05) is 18.6 Å². The fourth-order valence-electron chi connectivity index (χ4n) is 2.00. The summed E-state index contributed by atoms with van der Waals surface area (Å²) in [7, 11) is 3.08. The minimum absolute atomic E-state index is 0.0233. The van der Waals surface area contributed by atoms with Gasteiger partial charge in [-0.25, -0.2) is 0 Å². The number of rotatable bonds is 7. The molecule has 0 radical (unpaired) electrons. The van der Waals surface area contributed by atoms with Crippen LogP contribution in [0.15, 0.2) is 23.2 Å². The van der Waals surface area contributed by atoms with Crippen molar-refractivity contribution in [2.45, 2.75) is 11.7 Å². The highest BCUT2D eigenvalue weighted by atomic mass is 35.5. The summed E-state index contributed by atoms with van der Waals surface area (Å²) in [5.41, 5.74) is 0.465. The molecule has 2 amide bonds. The summed E-state index contributed by atoms with van der Waals surface area (Å²) in [4.78, 5) is 28.3. The first-order valence-corrected chi connectivity index (χ1v) is 8.43. The molecule has 2 rings (SSSR count). The van der Waals surface area contributed by atoms with Gasteiger partial charge in [0.2, 0.25) is 11.8 Å². The Balaban J connectivity index is 1.94. The third-order valence-electron chi connectivity index (χ3n) is 3.13. The van der Waals surface area contributed by atoms with Gasteiger partial charge in [0.25, 0.3) is 0 Å². The van der Waals surface area contributed by atoms with E-state index in [9.17, 15) is 9.59 Å². The van der Waals surface area contributed by atoms with Crippen molar-refractivity contribution in [3.8, 4) is 5.75 Å². The molecule has 1 aliphatic heterocycles. The lowest BCUT2D eigenvalue weighted by Crippen LogP contribution is -2.28. The number of amides is 2. The number of methoxy groups -OCH3 is 2. The van der Waals surface area contributed by atoms with Gasteiger partial charge < -0.3 is 20.1 Å². The zero-order valence-corrected chi connectivity index (χ0v) is 14.9. The molecule has 1 aliphatic rings. The number of halogens is 1. The van der Waals surface area contributed by atoms with E-state index in [1.54, 1.807) is 25.3 Å². The lowest BCUT2D eigenvalue weighted by atomic mass is 10.2. The van der Waals surface area contributed by atoms with Crippen molar-refractivity contribution in [1.82, 2.24) is 5.32 Å². The molecule has 1 aromatic carbocycles. The topological polar surface area (TPSA) is 89.0 Å². The molecule has 1 unspecified atom stereocenters. The molecule has 1 aromatic rings. The monoisotopic (exact) mass is 371 g/mol. The number of hydrogen-bond acceptors (Lipinski definition) is 6. The van der Waals surface area contributed by atoms with Crippen molar-refractivity contribution in [2.24, 2.45) is 4.99 Å². The molecule has 1 saturated heterocycles.